The molecule has 0 radical (unpaired) electrons. The van der Waals surface area contributed by atoms with E-state index >= 15 is 0 Å². The lowest BCUT2D eigenvalue weighted by molar-refractivity contribution is -0.152. The van der Waals surface area contributed by atoms with Gasteiger partial charge in [-0.25, -0.2) is 4.79 Å². The van der Waals surface area contributed by atoms with Gasteiger partial charge in [0.2, 0.25) is 0 Å². The van der Waals surface area contributed by atoms with E-state index in [-0.39, 0.29) is 28.8 Å². The van der Waals surface area contributed by atoms with Crippen molar-refractivity contribution in [1.82, 2.24) is 0 Å². The molecule has 188 valence electrons. The van der Waals surface area contributed by atoms with Gasteiger partial charge in [0.15, 0.2) is 0 Å². The summed E-state index contributed by atoms with van der Waals surface area (Å²) >= 11 is 0. The molecule has 5 aliphatic rings. The molecule has 0 aromatic rings. The van der Waals surface area contributed by atoms with E-state index in [2.05, 4.69) is 40.7 Å². The summed E-state index contributed by atoms with van der Waals surface area (Å²) in [7, 11) is 0. The Bertz CT molecular complexity index is 972. The molecule has 34 heavy (non-hydrogen) atoms. The molecular formula is C30H44O4. The number of hydrogen-bond acceptors (Lipinski definition) is 4. The monoisotopic (exact) mass is 468 g/mol. The number of rotatable bonds is 2. The zero-order chi connectivity index (χ0) is 24.7. The Morgan fingerprint density at radius 3 is 2.47 bits per heavy atom. The maximum absolute atomic E-state index is 12.8. The molecule has 5 rings (SSSR count). The molecule has 1 heterocycles. The second kappa shape index (κ2) is 7.79. The summed E-state index contributed by atoms with van der Waals surface area (Å²) in [5, 5.41) is 11.9. The molecular weight excluding hydrogens is 424 g/mol. The second-order valence-electron chi connectivity index (χ2n) is 13.4. The fraction of sp³-hybridized carbons (Fsp3) is 0.800. The van der Waals surface area contributed by atoms with Crippen LogP contribution in [0.15, 0.2) is 22.8 Å². The maximum atomic E-state index is 12.8. The fourth-order valence-electron chi connectivity index (χ4n) is 9.28. The summed E-state index contributed by atoms with van der Waals surface area (Å²) in [5.41, 5.74) is 2.90. The molecule has 0 aromatic carbocycles. The van der Waals surface area contributed by atoms with Crippen molar-refractivity contribution in [2.75, 3.05) is 0 Å². The Kier molecular flexibility index (Phi) is 5.56. The Balaban J connectivity index is 1.44. The summed E-state index contributed by atoms with van der Waals surface area (Å²) in [5.74, 6) is 1.05. The van der Waals surface area contributed by atoms with Gasteiger partial charge >= 0.3 is 5.97 Å². The summed E-state index contributed by atoms with van der Waals surface area (Å²) < 4.78 is 5.88. The minimum absolute atomic E-state index is 0.0275. The minimum Gasteiger partial charge on any atom is -0.458 e. The zero-order valence-electron chi connectivity index (χ0n) is 22.1. The molecule has 4 heteroatoms. The zero-order valence-corrected chi connectivity index (χ0v) is 22.1. The first-order valence-electron chi connectivity index (χ1n) is 13.7. The molecule has 0 bridgehead atoms. The molecule has 1 aliphatic heterocycles. The van der Waals surface area contributed by atoms with E-state index in [0.29, 0.717) is 30.5 Å². The van der Waals surface area contributed by atoms with E-state index in [9.17, 15) is 14.7 Å². The standard InChI is InChI=1S/C30H44O4/c1-18-7-9-23(34-26(18)32)19(2)21-12-15-29(6)22-8-10-24-27(3,4)25(31)13-16-30(24,33)17-20(22)11-14-28(21,29)5/h7,19,21,23-24,33H,8-17H2,1-6H3/t19-,21+,23-,24-,28+,29-,30-/m0/s1. The number of fused-ring (bicyclic) bond motifs is 3. The number of aliphatic hydroxyl groups is 1. The number of carbonyl (C=O) groups excluding carboxylic acids is 2. The van der Waals surface area contributed by atoms with Crippen LogP contribution in [0.4, 0.5) is 0 Å². The first-order chi connectivity index (χ1) is 15.8. The lowest BCUT2D eigenvalue weighted by Gasteiger charge is -2.52. The molecule has 2 saturated carbocycles. The summed E-state index contributed by atoms with van der Waals surface area (Å²) in [6, 6.07) is 0. The van der Waals surface area contributed by atoms with E-state index in [0.717, 1.165) is 50.5 Å². The van der Waals surface area contributed by atoms with Crippen molar-refractivity contribution in [1.29, 1.82) is 0 Å². The van der Waals surface area contributed by atoms with Gasteiger partial charge in [-0.2, -0.15) is 0 Å². The third-order valence-electron chi connectivity index (χ3n) is 11.8. The first kappa shape index (κ1) is 24.3. The largest absolute Gasteiger partial charge is 0.458 e. The highest BCUT2D eigenvalue weighted by Gasteiger charge is 2.62. The number of esters is 1. The van der Waals surface area contributed by atoms with E-state index in [1.54, 1.807) is 5.57 Å². The van der Waals surface area contributed by atoms with E-state index in [1.807, 2.05) is 6.92 Å². The number of ketones is 1. The lowest BCUT2D eigenvalue weighted by atomic mass is 9.52. The summed E-state index contributed by atoms with van der Waals surface area (Å²) in [6.07, 6.45) is 11.2. The fourth-order valence-corrected chi connectivity index (χ4v) is 9.28. The van der Waals surface area contributed by atoms with Crippen LogP contribution in [0.1, 0.15) is 106 Å². The van der Waals surface area contributed by atoms with Gasteiger partial charge in [0.1, 0.15) is 11.9 Å². The molecule has 4 nitrogen and oxygen atoms in total. The predicted molar refractivity (Wildman–Crippen MR) is 133 cm³/mol. The van der Waals surface area contributed by atoms with Crippen LogP contribution in [0.25, 0.3) is 0 Å². The van der Waals surface area contributed by atoms with Gasteiger partial charge in [-0.3, -0.25) is 4.79 Å². The van der Waals surface area contributed by atoms with Crippen LogP contribution >= 0.6 is 0 Å². The molecule has 4 aliphatic carbocycles. The number of hydrogen-bond donors (Lipinski definition) is 1. The Labute approximate surface area is 205 Å². The third-order valence-corrected chi connectivity index (χ3v) is 11.8. The van der Waals surface area contributed by atoms with E-state index in [1.165, 1.54) is 12.0 Å². The van der Waals surface area contributed by atoms with Crippen molar-refractivity contribution in [3.63, 3.8) is 0 Å². The Morgan fingerprint density at radius 1 is 1.03 bits per heavy atom. The number of ether oxygens (including phenoxy) is 1. The van der Waals surface area contributed by atoms with Gasteiger partial charge in [0, 0.05) is 29.7 Å². The lowest BCUT2D eigenvalue weighted by Crippen LogP contribution is -2.53. The van der Waals surface area contributed by atoms with Crippen molar-refractivity contribution in [3.8, 4) is 0 Å². The van der Waals surface area contributed by atoms with Gasteiger partial charge in [0.05, 0.1) is 5.60 Å². The Hall–Kier alpha value is -1.42. The molecule has 2 fully saturated rings. The van der Waals surface area contributed by atoms with Crippen LogP contribution in [0.3, 0.4) is 0 Å². The SMILES string of the molecule is CC1=CC[C@@H]([C@@H](C)[C@H]2CC[C@@]3(C)C4=C(CC[C@]23C)C[C@@]2(O)CCC(=O)C(C)(C)[C@@H]2CC4)OC1=O. The second-order valence-corrected chi connectivity index (χ2v) is 13.4. The normalized spacial score (nSPS) is 44.9. The van der Waals surface area contributed by atoms with Crippen LogP contribution in [0.2, 0.25) is 0 Å². The maximum Gasteiger partial charge on any atom is 0.333 e. The highest BCUT2D eigenvalue weighted by Crippen LogP contribution is 2.69. The molecule has 1 N–H and O–H groups in total. The molecule has 0 aromatic heterocycles. The molecule has 7 atom stereocenters. The number of cyclic esters (lactones) is 1. The van der Waals surface area contributed by atoms with Crippen LogP contribution in [0, 0.1) is 34.0 Å². The first-order valence-corrected chi connectivity index (χ1v) is 13.7. The minimum atomic E-state index is -0.746. The van der Waals surface area contributed by atoms with Crippen LogP contribution in [0.5, 0.6) is 0 Å². The number of carbonyl (C=O) groups is 2. The van der Waals surface area contributed by atoms with Gasteiger partial charge in [0.25, 0.3) is 0 Å². The molecule has 0 unspecified atom stereocenters. The van der Waals surface area contributed by atoms with Gasteiger partial charge in [-0.1, -0.05) is 51.8 Å². The van der Waals surface area contributed by atoms with E-state index < -0.39 is 11.0 Å². The van der Waals surface area contributed by atoms with Crippen molar-refractivity contribution >= 4 is 11.8 Å². The highest BCUT2D eigenvalue weighted by molar-refractivity contribution is 5.88. The summed E-state index contributed by atoms with van der Waals surface area (Å²) in [4.78, 5) is 25.0. The predicted octanol–water partition coefficient (Wildman–Crippen LogP) is 6.32. The van der Waals surface area contributed by atoms with Crippen molar-refractivity contribution in [2.24, 2.45) is 34.0 Å². The molecule has 0 amide bonds. The molecule has 0 spiro atoms. The smallest absolute Gasteiger partial charge is 0.333 e. The van der Waals surface area contributed by atoms with Crippen LogP contribution in [-0.2, 0) is 14.3 Å². The van der Waals surface area contributed by atoms with Crippen LogP contribution < -0.4 is 0 Å². The highest BCUT2D eigenvalue weighted by atomic mass is 16.5. The average molecular weight is 469 g/mol. The molecule has 0 saturated heterocycles. The third kappa shape index (κ3) is 3.26. The van der Waals surface area contributed by atoms with Gasteiger partial charge < -0.3 is 9.84 Å². The van der Waals surface area contributed by atoms with Crippen molar-refractivity contribution < 1.29 is 19.4 Å². The van der Waals surface area contributed by atoms with E-state index in [4.69, 9.17) is 4.74 Å². The average Bonchev–Trinajstić information content (AvgIpc) is 2.94. The number of Topliss-reactive ketones (excluding diaryl/α,β-unsaturated/α-hetero) is 1. The topological polar surface area (TPSA) is 63.6 Å². The Morgan fingerprint density at radius 2 is 1.76 bits per heavy atom. The van der Waals surface area contributed by atoms with Crippen molar-refractivity contribution in [3.05, 3.63) is 22.8 Å². The van der Waals surface area contributed by atoms with Gasteiger partial charge in [-0.05, 0) is 81.0 Å². The summed E-state index contributed by atoms with van der Waals surface area (Å²) in [6.45, 7) is 13.3. The quantitative estimate of drug-likeness (QED) is 0.381. The number of allylic oxidation sites excluding steroid dienone is 1. The van der Waals surface area contributed by atoms with Crippen LogP contribution in [-0.4, -0.2) is 28.6 Å². The van der Waals surface area contributed by atoms with Crippen molar-refractivity contribution in [2.45, 2.75) is 117 Å². The van der Waals surface area contributed by atoms with Gasteiger partial charge in [-0.15, -0.1) is 0 Å².